The lowest BCUT2D eigenvalue weighted by atomic mass is 10.2. The van der Waals surface area contributed by atoms with Gasteiger partial charge in [0.1, 0.15) is 11.3 Å². The highest BCUT2D eigenvalue weighted by Crippen LogP contribution is 2.30. The van der Waals surface area contributed by atoms with E-state index in [1.54, 1.807) is 43.3 Å². The van der Waals surface area contributed by atoms with Crippen LogP contribution in [0.3, 0.4) is 0 Å². The van der Waals surface area contributed by atoms with Crippen LogP contribution >= 0.6 is 23.2 Å². The van der Waals surface area contributed by atoms with Crippen LogP contribution in [0, 0.1) is 0 Å². The van der Waals surface area contributed by atoms with E-state index in [-0.39, 0.29) is 5.03 Å². The van der Waals surface area contributed by atoms with Crippen molar-refractivity contribution in [2.24, 2.45) is 0 Å². The van der Waals surface area contributed by atoms with Crippen molar-refractivity contribution in [3.8, 4) is 0 Å². The summed E-state index contributed by atoms with van der Waals surface area (Å²) in [5.41, 5.74) is 1.21. The predicted molar refractivity (Wildman–Crippen MR) is 102 cm³/mol. The molecule has 7 heteroatoms. The Morgan fingerprint density at radius 1 is 1.04 bits per heavy atom. The van der Waals surface area contributed by atoms with Crippen molar-refractivity contribution >= 4 is 49.2 Å². The molecule has 0 bridgehead atoms. The summed E-state index contributed by atoms with van der Waals surface area (Å²) in [6.07, 6.45) is 0. The number of furan rings is 1. The van der Waals surface area contributed by atoms with Crippen LogP contribution in [0.15, 0.2) is 69.4 Å². The lowest BCUT2D eigenvalue weighted by Gasteiger charge is -2.12. The number of sulfonamides is 1. The van der Waals surface area contributed by atoms with Gasteiger partial charge in [-0.1, -0.05) is 71.7 Å². The van der Waals surface area contributed by atoms with Gasteiger partial charge in [0.15, 0.2) is 4.36 Å². The third-order valence-corrected chi connectivity index (χ3v) is 6.39. The van der Waals surface area contributed by atoms with Crippen molar-refractivity contribution in [2.75, 3.05) is 0 Å². The van der Waals surface area contributed by atoms with Gasteiger partial charge >= 0.3 is 0 Å². The first-order valence-electron chi connectivity index (χ1n) is 7.50. The first-order valence-corrected chi connectivity index (χ1v) is 9.74. The molecule has 130 valence electrons. The molecular formula is C18H15Cl2NO3S. The van der Waals surface area contributed by atoms with E-state index in [1.165, 1.54) is 0 Å². The predicted octanol–water partition coefficient (Wildman–Crippen LogP) is 5.22. The Hall–Kier alpha value is -1.79. The van der Waals surface area contributed by atoms with E-state index in [0.717, 1.165) is 5.39 Å². The monoisotopic (exact) mass is 395 g/mol. The van der Waals surface area contributed by atoms with Gasteiger partial charge in [-0.25, -0.2) is 8.42 Å². The topological polar surface area (TPSA) is 59.3 Å². The van der Waals surface area contributed by atoms with Crippen LogP contribution in [0.1, 0.15) is 24.3 Å². The number of para-hydroxylation sites is 1. The molecule has 0 spiro atoms. The fourth-order valence-electron chi connectivity index (χ4n) is 2.37. The van der Waals surface area contributed by atoms with Crippen LogP contribution in [0.2, 0.25) is 0 Å². The van der Waals surface area contributed by atoms with Gasteiger partial charge in [0.05, 0.1) is 11.1 Å². The molecule has 0 fully saturated rings. The van der Waals surface area contributed by atoms with Crippen LogP contribution in [0.25, 0.3) is 16.0 Å². The lowest BCUT2D eigenvalue weighted by molar-refractivity contribution is 0.486. The molecule has 1 aromatic heterocycles. The number of hydrogen-bond acceptors (Lipinski definition) is 3. The molecule has 0 amide bonds. The molecule has 4 nitrogen and oxygen atoms in total. The van der Waals surface area contributed by atoms with E-state index in [1.807, 2.05) is 24.3 Å². The average Bonchev–Trinajstić information content (AvgIpc) is 3.05. The molecule has 3 rings (SSSR count). The maximum Gasteiger partial charge on any atom is 0.253 e. The first-order chi connectivity index (χ1) is 11.9. The molecule has 0 aliphatic heterocycles. The Bertz CT molecular complexity index is 994. The molecule has 0 saturated heterocycles. The van der Waals surface area contributed by atoms with Gasteiger partial charge in [0.25, 0.3) is 10.0 Å². The second-order valence-electron chi connectivity index (χ2n) is 5.48. The average molecular weight is 396 g/mol. The van der Waals surface area contributed by atoms with E-state index < -0.39 is 20.4 Å². The molecule has 0 aliphatic carbocycles. The van der Waals surface area contributed by atoms with Gasteiger partial charge in [-0.15, -0.1) is 0 Å². The molecule has 1 N–H and O–H groups in total. The van der Waals surface area contributed by atoms with Crippen LogP contribution in [-0.2, 0) is 10.0 Å². The summed E-state index contributed by atoms with van der Waals surface area (Å²) in [6, 6.07) is 17.3. The number of nitrogens with one attached hydrogen (secondary N) is 1. The fraction of sp³-hybridized carbons (Fsp3) is 0.111. The zero-order valence-electron chi connectivity index (χ0n) is 13.2. The Kier molecular flexibility index (Phi) is 5.20. The first kappa shape index (κ1) is 18.0. The minimum absolute atomic E-state index is 0.0356. The minimum atomic E-state index is -3.99. The zero-order valence-corrected chi connectivity index (χ0v) is 15.6. The summed E-state index contributed by atoms with van der Waals surface area (Å²) < 4.78 is 32.7. The van der Waals surface area contributed by atoms with Crippen LogP contribution in [0.5, 0.6) is 0 Å². The van der Waals surface area contributed by atoms with Crippen molar-refractivity contribution in [3.05, 3.63) is 76.4 Å². The quantitative estimate of drug-likeness (QED) is 0.644. The number of rotatable bonds is 5. The van der Waals surface area contributed by atoms with E-state index in [4.69, 9.17) is 27.6 Å². The summed E-state index contributed by atoms with van der Waals surface area (Å²) >= 11 is 12.2. The number of fused-ring (bicyclic) bond motifs is 1. The second kappa shape index (κ2) is 7.22. The molecule has 2 aromatic carbocycles. The normalized spacial score (nSPS) is 14.4. The lowest BCUT2D eigenvalue weighted by Crippen LogP contribution is -2.26. The number of benzene rings is 2. The molecule has 0 saturated carbocycles. The summed E-state index contributed by atoms with van der Waals surface area (Å²) in [7, 11) is -3.99. The van der Waals surface area contributed by atoms with Gasteiger partial charge in [0.2, 0.25) is 0 Å². The van der Waals surface area contributed by atoms with Crippen LogP contribution in [0.4, 0.5) is 0 Å². The van der Waals surface area contributed by atoms with Crippen molar-refractivity contribution in [3.63, 3.8) is 0 Å². The summed E-state index contributed by atoms with van der Waals surface area (Å²) in [5.74, 6) is 0.491. The van der Waals surface area contributed by atoms with Crippen molar-refractivity contribution in [1.29, 1.82) is 0 Å². The summed E-state index contributed by atoms with van der Waals surface area (Å²) in [4.78, 5) is 0. The van der Waals surface area contributed by atoms with E-state index in [0.29, 0.717) is 16.9 Å². The zero-order chi connectivity index (χ0) is 18.0. The van der Waals surface area contributed by atoms with Crippen LogP contribution in [-0.4, -0.2) is 8.42 Å². The molecule has 25 heavy (non-hydrogen) atoms. The largest absolute Gasteiger partial charge is 0.459 e. The van der Waals surface area contributed by atoms with Crippen molar-refractivity contribution in [2.45, 2.75) is 13.0 Å². The van der Waals surface area contributed by atoms with E-state index in [2.05, 4.69) is 4.72 Å². The fourth-order valence-corrected chi connectivity index (χ4v) is 4.09. The molecule has 0 aliphatic rings. The highest BCUT2D eigenvalue weighted by molar-refractivity contribution is 7.95. The molecule has 1 unspecified atom stereocenters. The number of halogens is 2. The Balaban J connectivity index is 1.87. The van der Waals surface area contributed by atoms with Gasteiger partial charge < -0.3 is 4.42 Å². The standard InChI is InChI=1S/C18H15Cl2NO3S/c1-12(16-11-14-9-5-6-10-15(14)24-16)21-25(22,23)18(20)17(19)13-7-3-2-4-8-13/h2-12,21H,1H3/b18-17-. The second-order valence-corrected chi connectivity index (χ2v) is 8.11. The third kappa shape index (κ3) is 3.90. The van der Waals surface area contributed by atoms with Gasteiger partial charge in [0, 0.05) is 5.39 Å². The molecule has 0 radical (unpaired) electrons. The van der Waals surface area contributed by atoms with Gasteiger partial charge in [-0.05, 0) is 24.6 Å². The van der Waals surface area contributed by atoms with Crippen LogP contribution < -0.4 is 4.72 Å². The Morgan fingerprint density at radius 2 is 1.68 bits per heavy atom. The molecule has 1 heterocycles. The summed E-state index contributed by atoms with van der Waals surface area (Å²) in [6.45, 7) is 1.68. The minimum Gasteiger partial charge on any atom is -0.459 e. The van der Waals surface area contributed by atoms with Gasteiger partial charge in [-0.2, -0.15) is 4.72 Å². The third-order valence-electron chi connectivity index (χ3n) is 3.64. The van der Waals surface area contributed by atoms with Crippen molar-refractivity contribution in [1.82, 2.24) is 4.72 Å². The number of hydrogen-bond donors (Lipinski definition) is 1. The smallest absolute Gasteiger partial charge is 0.253 e. The van der Waals surface area contributed by atoms with Crippen molar-refractivity contribution < 1.29 is 12.8 Å². The van der Waals surface area contributed by atoms with Gasteiger partial charge in [-0.3, -0.25) is 0 Å². The Labute approximate surface area is 156 Å². The summed E-state index contributed by atoms with van der Waals surface area (Å²) in [5, 5.41) is 0.860. The van der Waals surface area contributed by atoms with E-state index in [9.17, 15) is 8.42 Å². The molecular weight excluding hydrogens is 381 g/mol. The maximum atomic E-state index is 12.5. The Morgan fingerprint density at radius 3 is 2.36 bits per heavy atom. The highest BCUT2D eigenvalue weighted by atomic mass is 35.5. The molecule has 3 aromatic rings. The maximum absolute atomic E-state index is 12.5. The van der Waals surface area contributed by atoms with E-state index >= 15 is 0 Å². The highest BCUT2D eigenvalue weighted by Gasteiger charge is 2.24. The molecule has 1 atom stereocenters. The SMILES string of the molecule is CC(NS(=O)(=O)/C(Cl)=C(\Cl)c1ccccc1)c1cc2ccccc2o1.